The Morgan fingerprint density at radius 3 is 2.44 bits per heavy atom. The van der Waals surface area contributed by atoms with E-state index in [0.29, 0.717) is 25.9 Å². The number of anilines is 1. The van der Waals surface area contributed by atoms with Crippen LogP contribution in [0.15, 0.2) is 18.5 Å². The highest BCUT2D eigenvalue weighted by Crippen LogP contribution is 2.25. The summed E-state index contributed by atoms with van der Waals surface area (Å²) in [5, 5.41) is 12.1. The van der Waals surface area contributed by atoms with E-state index in [9.17, 15) is 9.59 Å². The number of piperazine rings is 1. The number of aromatic nitrogens is 1. The molecule has 1 aliphatic carbocycles. The highest BCUT2D eigenvalue weighted by molar-refractivity contribution is 5.75. The molecule has 1 aromatic heterocycles. The highest BCUT2D eigenvalue weighted by Gasteiger charge is 2.29. The molecule has 1 aliphatic heterocycles. The maximum absolute atomic E-state index is 12.5. The van der Waals surface area contributed by atoms with Gasteiger partial charge in [-0.1, -0.05) is 0 Å². The van der Waals surface area contributed by atoms with E-state index in [2.05, 4.69) is 22.1 Å². The highest BCUT2D eigenvalue weighted by atomic mass is 16.4. The standard InChI is InChI=1S/C18H26N4O3/c1-13-6-7-19-12-16(13)21-8-10-22(11-9-21)18(25)20-15-4-2-14(3-5-15)17(23)24/h6-7,12,14-15H,2-5,8-11H2,1H3,(H,20,25)(H,23,24). The van der Waals surface area contributed by atoms with Gasteiger partial charge in [0.25, 0.3) is 0 Å². The molecule has 0 unspecified atom stereocenters. The SMILES string of the molecule is Cc1ccncc1N1CCN(C(=O)NC2CCC(C(=O)O)CC2)CC1. The van der Waals surface area contributed by atoms with Gasteiger partial charge in [-0.25, -0.2) is 4.79 Å². The third-order valence-corrected chi connectivity index (χ3v) is 5.32. The number of nitrogens with zero attached hydrogens (tertiary/aromatic N) is 3. The molecule has 136 valence electrons. The van der Waals surface area contributed by atoms with Gasteiger partial charge in [0.05, 0.1) is 17.8 Å². The zero-order valence-corrected chi connectivity index (χ0v) is 14.6. The maximum Gasteiger partial charge on any atom is 0.317 e. The number of carbonyl (C=O) groups is 2. The van der Waals surface area contributed by atoms with Crippen molar-refractivity contribution in [2.45, 2.75) is 38.6 Å². The van der Waals surface area contributed by atoms with Crippen molar-refractivity contribution in [3.05, 3.63) is 24.0 Å². The number of amides is 2. The maximum atomic E-state index is 12.5. The smallest absolute Gasteiger partial charge is 0.317 e. The number of aliphatic carboxylic acids is 1. The van der Waals surface area contributed by atoms with Crippen molar-refractivity contribution in [3.63, 3.8) is 0 Å². The summed E-state index contributed by atoms with van der Waals surface area (Å²) in [6.45, 7) is 5.04. The summed E-state index contributed by atoms with van der Waals surface area (Å²) in [5.74, 6) is -0.967. The summed E-state index contributed by atoms with van der Waals surface area (Å²) in [4.78, 5) is 31.8. The first kappa shape index (κ1) is 17.5. The predicted molar refractivity (Wildman–Crippen MR) is 94.7 cm³/mol. The molecule has 0 spiro atoms. The molecule has 25 heavy (non-hydrogen) atoms. The van der Waals surface area contributed by atoms with E-state index in [1.54, 1.807) is 6.20 Å². The molecule has 2 heterocycles. The van der Waals surface area contributed by atoms with Gasteiger partial charge in [0, 0.05) is 38.4 Å². The Kier molecular flexibility index (Phi) is 5.40. The van der Waals surface area contributed by atoms with Crippen molar-refractivity contribution in [3.8, 4) is 0 Å². The molecule has 2 N–H and O–H groups in total. The minimum absolute atomic E-state index is 0.0265. The number of hydrogen-bond donors (Lipinski definition) is 2. The molecule has 1 saturated carbocycles. The Bertz CT molecular complexity index is 621. The molecule has 0 atom stereocenters. The van der Waals surface area contributed by atoms with Gasteiger partial charge >= 0.3 is 12.0 Å². The summed E-state index contributed by atoms with van der Waals surface area (Å²) in [5.41, 5.74) is 2.33. The molecule has 0 radical (unpaired) electrons. The lowest BCUT2D eigenvalue weighted by atomic mass is 9.86. The second kappa shape index (κ2) is 7.72. The molecule has 2 aliphatic rings. The van der Waals surface area contributed by atoms with E-state index in [4.69, 9.17) is 5.11 Å². The van der Waals surface area contributed by atoms with Gasteiger partial charge in [-0.15, -0.1) is 0 Å². The minimum Gasteiger partial charge on any atom is -0.481 e. The fourth-order valence-electron chi connectivity index (χ4n) is 3.69. The molecule has 7 nitrogen and oxygen atoms in total. The van der Waals surface area contributed by atoms with E-state index < -0.39 is 5.97 Å². The van der Waals surface area contributed by atoms with Crippen LogP contribution in [0.4, 0.5) is 10.5 Å². The normalized spacial score (nSPS) is 24.0. The van der Waals surface area contributed by atoms with Gasteiger partial charge < -0.3 is 20.2 Å². The first-order chi connectivity index (χ1) is 12.0. The molecule has 1 saturated heterocycles. The molecular weight excluding hydrogens is 320 g/mol. The van der Waals surface area contributed by atoms with Crippen LogP contribution in [-0.4, -0.2) is 59.2 Å². The van der Waals surface area contributed by atoms with Crippen LogP contribution in [0.5, 0.6) is 0 Å². The zero-order valence-electron chi connectivity index (χ0n) is 14.6. The van der Waals surface area contributed by atoms with E-state index in [-0.39, 0.29) is 18.0 Å². The number of pyridine rings is 1. The second-order valence-corrected chi connectivity index (χ2v) is 6.97. The lowest BCUT2D eigenvalue weighted by molar-refractivity contribution is -0.142. The molecule has 2 amide bonds. The van der Waals surface area contributed by atoms with Gasteiger partial charge in [0.1, 0.15) is 0 Å². The summed E-state index contributed by atoms with van der Waals surface area (Å²) in [6, 6.07) is 2.07. The number of carboxylic acid groups (broad SMARTS) is 1. The van der Waals surface area contributed by atoms with Crippen molar-refractivity contribution in [2.24, 2.45) is 5.92 Å². The van der Waals surface area contributed by atoms with Crippen LogP contribution in [0.25, 0.3) is 0 Å². The van der Waals surface area contributed by atoms with Crippen molar-refractivity contribution >= 4 is 17.7 Å². The van der Waals surface area contributed by atoms with Crippen LogP contribution in [0, 0.1) is 12.8 Å². The lowest BCUT2D eigenvalue weighted by Gasteiger charge is -2.37. The Hall–Kier alpha value is -2.31. The minimum atomic E-state index is -0.716. The van der Waals surface area contributed by atoms with Crippen LogP contribution in [0.3, 0.4) is 0 Å². The molecule has 1 aromatic rings. The number of urea groups is 1. The lowest BCUT2D eigenvalue weighted by Crippen LogP contribution is -2.54. The molecule has 0 bridgehead atoms. The second-order valence-electron chi connectivity index (χ2n) is 6.97. The number of rotatable bonds is 3. The third-order valence-electron chi connectivity index (χ3n) is 5.32. The predicted octanol–water partition coefficient (Wildman–Crippen LogP) is 1.87. The molecule has 7 heteroatoms. The van der Waals surface area contributed by atoms with Crippen molar-refractivity contribution < 1.29 is 14.7 Å². The van der Waals surface area contributed by atoms with Gasteiger partial charge in [-0.2, -0.15) is 0 Å². The fourth-order valence-corrected chi connectivity index (χ4v) is 3.69. The van der Waals surface area contributed by atoms with E-state index >= 15 is 0 Å². The van der Waals surface area contributed by atoms with Crippen molar-refractivity contribution in [2.75, 3.05) is 31.1 Å². The number of aryl methyl sites for hydroxylation is 1. The molecule has 3 rings (SSSR count). The summed E-state index contributed by atoms with van der Waals surface area (Å²) < 4.78 is 0. The Morgan fingerprint density at radius 2 is 1.84 bits per heavy atom. The fraction of sp³-hybridized carbons (Fsp3) is 0.611. The van der Waals surface area contributed by atoms with Crippen molar-refractivity contribution in [1.29, 1.82) is 0 Å². The van der Waals surface area contributed by atoms with Gasteiger partial charge in [-0.3, -0.25) is 9.78 Å². The summed E-state index contributed by atoms with van der Waals surface area (Å²) in [7, 11) is 0. The largest absolute Gasteiger partial charge is 0.481 e. The summed E-state index contributed by atoms with van der Waals surface area (Å²) >= 11 is 0. The van der Waals surface area contributed by atoms with Gasteiger partial charge in [-0.05, 0) is 44.2 Å². The Labute approximate surface area is 148 Å². The van der Waals surface area contributed by atoms with Crippen LogP contribution in [0.2, 0.25) is 0 Å². The zero-order chi connectivity index (χ0) is 17.8. The molecule has 0 aromatic carbocycles. The topological polar surface area (TPSA) is 85.8 Å². The number of carbonyl (C=O) groups excluding carboxylic acids is 1. The first-order valence-corrected chi connectivity index (χ1v) is 8.98. The van der Waals surface area contributed by atoms with Crippen LogP contribution >= 0.6 is 0 Å². The molecular formula is C18H26N4O3. The van der Waals surface area contributed by atoms with Crippen LogP contribution < -0.4 is 10.2 Å². The van der Waals surface area contributed by atoms with E-state index in [1.807, 2.05) is 17.2 Å². The van der Waals surface area contributed by atoms with Crippen LogP contribution in [0.1, 0.15) is 31.2 Å². The Balaban J connectivity index is 1.46. The van der Waals surface area contributed by atoms with Gasteiger partial charge in [0.2, 0.25) is 0 Å². The van der Waals surface area contributed by atoms with Gasteiger partial charge in [0.15, 0.2) is 0 Å². The van der Waals surface area contributed by atoms with Crippen LogP contribution in [-0.2, 0) is 4.79 Å². The van der Waals surface area contributed by atoms with E-state index in [0.717, 1.165) is 31.6 Å². The number of hydrogen-bond acceptors (Lipinski definition) is 4. The summed E-state index contributed by atoms with van der Waals surface area (Å²) in [6.07, 6.45) is 6.46. The Morgan fingerprint density at radius 1 is 1.16 bits per heavy atom. The monoisotopic (exact) mass is 346 g/mol. The quantitative estimate of drug-likeness (QED) is 0.873. The molecule has 2 fully saturated rings. The van der Waals surface area contributed by atoms with E-state index in [1.165, 1.54) is 5.56 Å². The third kappa shape index (κ3) is 4.21. The van der Waals surface area contributed by atoms with Crippen molar-refractivity contribution in [1.82, 2.24) is 15.2 Å². The number of nitrogens with one attached hydrogen (secondary N) is 1. The average molecular weight is 346 g/mol. The first-order valence-electron chi connectivity index (χ1n) is 8.98. The average Bonchev–Trinajstić information content (AvgIpc) is 2.63. The number of carboxylic acids is 1.